The summed E-state index contributed by atoms with van der Waals surface area (Å²) >= 11 is 0. The van der Waals surface area contributed by atoms with Crippen molar-refractivity contribution in [3.05, 3.63) is 35.6 Å². The number of nitrogens with one attached hydrogen (secondary N) is 1. The van der Waals surface area contributed by atoms with E-state index in [-0.39, 0.29) is 23.3 Å². The van der Waals surface area contributed by atoms with Gasteiger partial charge in [0.05, 0.1) is 19.8 Å². The summed E-state index contributed by atoms with van der Waals surface area (Å²) in [5, 5.41) is 3.04. The lowest BCUT2D eigenvalue weighted by Crippen LogP contribution is -2.56. The molecule has 1 heterocycles. The molecular weight excluding hydrogens is 321 g/mol. The number of halogens is 1. The summed E-state index contributed by atoms with van der Waals surface area (Å²) in [7, 11) is 1.90. The van der Waals surface area contributed by atoms with Gasteiger partial charge in [0.1, 0.15) is 5.82 Å². The van der Waals surface area contributed by atoms with E-state index in [1.54, 1.807) is 12.1 Å². The highest BCUT2D eigenvalue weighted by Crippen LogP contribution is 2.19. The van der Waals surface area contributed by atoms with Gasteiger partial charge >= 0.3 is 0 Å². The van der Waals surface area contributed by atoms with Crippen LogP contribution in [0.4, 0.5) is 4.39 Å². The second-order valence-electron chi connectivity index (χ2n) is 7.33. The van der Waals surface area contributed by atoms with Gasteiger partial charge in [-0.05, 0) is 45.5 Å². The molecule has 5 nitrogen and oxygen atoms in total. The molecule has 1 aliphatic rings. The van der Waals surface area contributed by atoms with E-state index < -0.39 is 0 Å². The molecule has 0 bridgehead atoms. The molecule has 1 fully saturated rings. The lowest BCUT2D eigenvalue weighted by Gasteiger charge is -2.41. The van der Waals surface area contributed by atoms with Crippen LogP contribution in [0.1, 0.15) is 32.4 Å². The van der Waals surface area contributed by atoms with Gasteiger partial charge in [-0.25, -0.2) is 4.39 Å². The van der Waals surface area contributed by atoms with Crippen LogP contribution in [0, 0.1) is 5.82 Å². The Balaban J connectivity index is 1.81. The second-order valence-corrected chi connectivity index (χ2v) is 7.33. The largest absolute Gasteiger partial charge is 0.379 e. The van der Waals surface area contributed by atoms with Crippen molar-refractivity contribution in [3.8, 4) is 0 Å². The van der Waals surface area contributed by atoms with Gasteiger partial charge in [-0.3, -0.25) is 14.6 Å². The third-order valence-corrected chi connectivity index (χ3v) is 4.99. The maximum Gasteiger partial charge on any atom is 0.234 e. The molecule has 1 unspecified atom stereocenters. The van der Waals surface area contributed by atoms with Crippen molar-refractivity contribution in [1.29, 1.82) is 0 Å². The number of likely N-dealkylation sites (N-methyl/N-ethyl adjacent to an activating group) is 1. The van der Waals surface area contributed by atoms with Crippen LogP contribution in [0.5, 0.6) is 0 Å². The number of hydrogen-bond donors (Lipinski definition) is 1. The Labute approximate surface area is 150 Å². The molecule has 1 aromatic carbocycles. The first kappa shape index (κ1) is 19.8. The van der Waals surface area contributed by atoms with E-state index in [9.17, 15) is 9.18 Å². The molecule has 6 heteroatoms. The molecule has 1 amide bonds. The van der Waals surface area contributed by atoms with Gasteiger partial charge in [0.2, 0.25) is 5.91 Å². The highest BCUT2D eigenvalue weighted by atomic mass is 19.1. The number of carbonyl (C=O) groups excluding carboxylic acids is 1. The van der Waals surface area contributed by atoms with Crippen molar-refractivity contribution in [3.63, 3.8) is 0 Å². The van der Waals surface area contributed by atoms with E-state index in [1.165, 1.54) is 12.1 Å². The molecule has 0 spiro atoms. The van der Waals surface area contributed by atoms with Gasteiger partial charge in [0, 0.05) is 31.2 Å². The Kier molecular flexibility index (Phi) is 6.93. The van der Waals surface area contributed by atoms with E-state index in [0.717, 1.165) is 31.9 Å². The molecule has 1 N–H and O–H groups in total. The Bertz CT molecular complexity index is 556. The predicted molar refractivity (Wildman–Crippen MR) is 96.9 cm³/mol. The Morgan fingerprint density at radius 2 is 1.92 bits per heavy atom. The summed E-state index contributed by atoms with van der Waals surface area (Å²) in [5.74, 6) is -0.250. The summed E-state index contributed by atoms with van der Waals surface area (Å²) in [4.78, 5) is 16.6. The summed E-state index contributed by atoms with van der Waals surface area (Å²) in [5.41, 5.74) is 0.894. The number of morpholine rings is 1. The van der Waals surface area contributed by atoms with Crippen LogP contribution < -0.4 is 5.32 Å². The van der Waals surface area contributed by atoms with E-state index in [1.807, 2.05) is 18.9 Å². The van der Waals surface area contributed by atoms with E-state index in [4.69, 9.17) is 4.74 Å². The van der Waals surface area contributed by atoms with E-state index in [2.05, 4.69) is 24.1 Å². The van der Waals surface area contributed by atoms with Crippen LogP contribution in [-0.2, 0) is 9.53 Å². The van der Waals surface area contributed by atoms with Crippen LogP contribution in [0.3, 0.4) is 0 Å². The molecule has 2 rings (SSSR count). The van der Waals surface area contributed by atoms with Crippen molar-refractivity contribution >= 4 is 5.91 Å². The zero-order valence-corrected chi connectivity index (χ0v) is 15.7. The molecule has 0 saturated carbocycles. The fourth-order valence-corrected chi connectivity index (χ4v) is 3.01. The number of amides is 1. The maximum atomic E-state index is 13.0. The lowest BCUT2D eigenvalue weighted by molar-refractivity contribution is -0.123. The summed E-state index contributed by atoms with van der Waals surface area (Å²) in [6.45, 7) is 10.5. The fraction of sp³-hybridized carbons (Fsp3) is 0.632. The monoisotopic (exact) mass is 351 g/mol. The van der Waals surface area contributed by atoms with Crippen LogP contribution in [0.2, 0.25) is 0 Å². The third-order valence-electron chi connectivity index (χ3n) is 4.99. The molecule has 25 heavy (non-hydrogen) atoms. The van der Waals surface area contributed by atoms with Gasteiger partial charge in [0.25, 0.3) is 0 Å². The average molecular weight is 351 g/mol. The minimum absolute atomic E-state index is 0.00204. The van der Waals surface area contributed by atoms with Crippen molar-refractivity contribution in [2.24, 2.45) is 0 Å². The van der Waals surface area contributed by atoms with Crippen LogP contribution >= 0.6 is 0 Å². The van der Waals surface area contributed by atoms with Crippen LogP contribution in [0.15, 0.2) is 24.3 Å². The number of benzene rings is 1. The van der Waals surface area contributed by atoms with Gasteiger partial charge in [-0.2, -0.15) is 0 Å². The molecule has 0 aromatic heterocycles. The average Bonchev–Trinajstić information content (AvgIpc) is 2.61. The fourth-order valence-electron chi connectivity index (χ4n) is 3.01. The lowest BCUT2D eigenvalue weighted by atomic mass is 10.0. The number of carbonyl (C=O) groups is 1. The normalized spacial score (nSPS) is 17.5. The summed E-state index contributed by atoms with van der Waals surface area (Å²) in [6, 6.07) is 6.46. The summed E-state index contributed by atoms with van der Waals surface area (Å²) < 4.78 is 18.4. The smallest absolute Gasteiger partial charge is 0.234 e. The Hall–Kier alpha value is -1.50. The number of nitrogens with zero attached hydrogens (tertiary/aromatic N) is 2. The number of rotatable bonds is 7. The van der Waals surface area contributed by atoms with E-state index in [0.29, 0.717) is 13.1 Å². The van der Waals surface area contributed by atoms with E-state index >= 15 is 0 Å². The predicted octanol–water partition coefficient (Wildman–Crippen LogP) is 2.05. The number of hydrogen-bond acceptors (Lipinski definition) is 4. The minimum atomic E-state index is -0.248. The van der Waals surface area contributed by atoms with Crippen LogP contribution in [0.25, 0.3) is 0 Å². The Morgan fingerprint density at radius 3 is 2.52 bits per heavy atom. The van der Waals surface area contributed by atoms with Gasteiger partial charge in [-0.1, -0.05) is 12.1 Å². The minimum Gasteiger partial charge on any atom is -0.379 e. The van der Waals surface area contributed by atoms with Crippen molar-refractivity contribution in [1.82, 2.24) is 15.1 Å². The maximum absolute atomic E-state index is 13.0. The molecule has 1 atom stereocenters. The van der Waals surface area contributed by atoms with Crippen molar-refractivity contribution in [2.45, 2.75) is 32.4 Å². The standard InChI is InChI=1S/C19H30FN3O2/c1-15(16-5-7-17(20)8-6-16)22(4)13-18(24)21-14-19(2,3)23-9-11-25-12-10-23/h5-8,15H,9-14H2,1-4H3,(H,21,24). The van der Waals surface area contributed by atoms with Gasteiger partial charge in [-0.15, -0.1) is 0 Å². The molecule has 0 radical (unpaired) electrons. The molecule has 0 aliphatic carbocycles. The zero-order valence-electron chi connectivity index (χ0n) is 15.7. The zero-order chi connectivity index (χ0) is 18.4. The first-order valence-electron chi connectivity index (χ1n) is 8.85. The molecule has 140 valence electrons. The Morgan fingerprint density at radius 1 is 1.32 bits per heavy atom. The van der Waals surface area contributed by atoms with Crippen molar-refractivity contribution in [2.75, 3.05) is 46.4 Å². The first-order chi connectivity index (χ1) is 11.8. The van der Waals surface area contributed by atoms with Crippen molar-refractivity contribution < 1.29 is 13.9 Å². The van der Waals surface area contributed by atoms with Gasteiger partial charge in [0.15, 0.2) is 0 Å². The quantitative estimate of drug-likeness (QED) is 0.817. The SMILES string of the molecule is CC(c1ccc(F)cc1)N(C)CC(=O)NCC(C)(C)N1CCOCC1. The highest BCUT2D eigenvalue weighted by Gasteiger charge is 2.28. The molecule has 1 aromatic rings. The molecular formula is C19H30FN3O2. The first-order valence-corrected chi connectivity index (χ1v) is 8.85. The second kappa shape index (κ2) is 8.74. The highest BCUT2D eigenvalue weighted by molar-refractivity contribution is 5.78. The summed E-state index contributed by atoms with van der Waals surface area (Å²) in [6.07, 6.45) is 0. The number of ether oxygens (including phenoxy) is 1. The van der Waals surface area contributed by atoms with Gasteiger partial charge < -0.3 is 10.1 Å². The third kappa shape index (κ3) is 5.76. The molecule has 1 aliphatic heterocycles. The van der Waals surface area contributed by atoms with Crippen LogP contribution in [-0.4, -0.2) is 67.7 Å². The molecule has 1 saturated heterocycles. The topological polar surface area (TPSA) is 44.8 Å².